The van der Waals surface area contributed by atoms with Crippen molar-refractivity contribution in [3.63, 3.8) is 0 Å². The second kappa shape index (κ2) is 4.31. The molecule has 3 heterocycles. The molecule has 0 aliphatic carbocycles. The Morgan fingerprint density at radius 2 is 2.29 bits per heavy atom. The van der Waals surface area contributed by atoms with Gasteiger partial charge >= 0.3 is 0 Å². The lowest BCUT2D eigenvalue weighted by Crippen LogP contribution is -1.98. The molecule has 0 spiro atoms. The van der Waals surface area contributed by atoms with Gasteiger partial charge in [-0.3, -0.25) is 0 Å². The number of nitrogens with zero attached hydrogens (tertiary/aromatic N) is 3. The van der Waals surface area contributed by atoms with E-state index in [-0.39, 0.29) is 0 Å². The topological polar surface area (TPSA) is 56.7 Å². The van der Waals surface area contributed by atoms with Crippen LogP contribution in [0.5, 0.6) is 0 Å². The van der Waals surface area contributed by atoms with Crippen molar-refractivity contribution in [1.29, 1.82) is 0 Å². The molecule has 17 heavy (non-hydrogen) atoms. The minimum absolute atomic E-state index is 0.609. The van der Waals surface area contributed by atoms with Crippen molar-refractivity contribution >= 4 is 27.8 Å². The molecule has 86 valence electrons. The van der Waals surface area contributed by atoms with Crippen molar-refractivity contribution in [1.82, 2.24) is 14.5 Å². The van der Waals surface area contributed by atoms with Gasteiger partial charge < -0.3 is 10.3 Å². The van der Waals surface area contributed by atoms with E-state index in [0.717, 1.165) is 17.2 Å². The summed E-state index contributed by atoms with van der Waals surface area (Å²) < 4.78 is 2.11. The molecule has 0 saturated heterocycles. The Bertz CT molecular complexity index is 609. The van der Waals surface area contributed by atoms with Crippen LogP contribution in [0.1, 0.15) is 4.88 Å². The summed E-state index contributed by atoms with van der Waals surface area (Å²) in [6.07, 6.45) is 5.61. The molecule has 6 heteroatoms. The molecule has 3 aromatic heterocycles. The highest BCUT2D eigenvalue weighted by Gasteiger charge is 2.08. The van der Waals surface area contributed by atoms with Crippen LogP contribution in [0.3, 0.4) is 0 Å². The maximum absolute atomic E-state index is 5.62. The molecular weight excluding hydrogens is 252 g/mol. The monoisotopic (exact) mass is 262 g/mol. The molecule has 0 radical (unpaired) electrons. The highest BCUT2D eigenvalue weighted by atomic mass is 32.1. The number of hydrogen-bond donors (Lipinski definition) is 1. The summed E-state index contributed by atoms with van der Waals surface area (Å²) in [7, 11) is 0. The van der Waals surface area contributed by atoms with Crippen LogP contribution in [0, 0.1) is 0 Å². The molecule has 3 rings (SSSR count). The summed E-state index contributed by atoms with van der Waals surface area (Å²) >= 11 is 3.20. The van der Waals surface area contributed by atoms with Gasteiger partial charge in [0.1, 0.15) is 5.82 Å². The number of thiazole rings is 1. The first-order chi connectivity index (χ1) is 8.33. The molecule has 0 bridgehead atoms. The second-order valence-corrected chi connectivity index (χ2v) is 5.62. The first-order valence-corrected chi connectivity index (χ1v) is 6.78. The van der Waals surface area contributed by atoms with Gasteiger partial charge in [0.15, 0.2) is 5.13 Å². The third-order valence-electron chi connectivity index (χ3n) is 2.35. The van der Waals surface area contributed by atoms with E-state index in [2.05, 4.69) is 26.0 Å². The van der Waals surface area contributed by atoms with Crippen molar-refractivity contribution in [3.05, 3.63) is 41.0 Å². The van der Waals surface area contributed by atoms with E-state index < -0.39 is 0 Å². The first-order valence-electron chi connectivity index (χ1n) is 5.08. The number of rotatable bonds is 3. The van der Waals surface area contributed by atoms with Gasteiger partial charge in [0, 0.05) is 23.5 Å². The van der Waals surface area contributed by atoms with Gasteiger partial charge in [-0.25, -0.2) is 9.97 Å². The summed E-state index contributed by atoms with van der Waals surface area (Å²) in [5, 5.41) is 2.66. The van der Waals surface area contributed by atoms with Gasteiger partial charge in [-0.05, 0) is 11.4 Å². The second-order valence-electron chi connectivity index (χ2n) is 3.52. The van der Waals surface area contributed by atoms with E-state index in [1.54, 1.807) is 11.3 Å². The summed E-state index contributed by atoms with van der Waals surface area (Å²) in [4.78, 5) is 10.8. The molecule has 0 aliphatic heterocycles. The minimum atomic E-state index is 0.609. The number of anilines is 1. The summed E-state index contributed by atoms with van der Waals surface area (Å²) in [5.74, 6) is 0.993. The lowest BCUT2D eigenvalue weighted by atomic mass is 10.4. The highest BCUT2D eigenvalue weighted by Crippen LogP contribution is 2.24. The van der Waals surface area contributed by atoms with Crippen molar-refractivity contribution in [2.75, 3.05) is 5.73 Å². The zero-order valence-corrected chi connectivity index (χ0v) is 10.5. The Balaban J connectivity index is 1.92. The highest BCUT2D eigenvalue weighted by molar-refractivity contribution is 7.15. The molecule has 0 aliphatic rings. The summed E-state index contributed by atoms with van der Waals surface area (Å²) in [5.41, 5.74) is 5.62. The lowest BCUT2D eigenvalue weighted by molar-refractivity contribution is 0.820. The Morgan fingerprint density at radius 1 is 1.35 bits per heavy atom. The largest absolute Gasteiger partial charge is 0.375 e. The molecule has 2 N–H and O–H groups in total. The Morgan fingerprint density at radius 3 is 3.00 bits per heavy atom. The lowest BCUT2D eigenvalue weighted by Gasteiger charge is -2.03. The number of nitrogens with two attached hydrogens (primary N) is 1. The Labute approximate surface area is 106 Å². The van der Waals surface area contributed by atoms with Crippen LogP contribution in [0.2, 0.25) is 0 Å². The van der Waals surface area contributed by atoms with Crippen LogP contribution < -0.4 is 5.73 Å². The normalized spacial score (nSPS) is 10.8. The molecule has 0 saturated carbocycles. The van der Waals surface area contributed by atoms with E-state index in [9.17, 15) is 0 Å². The van der Waals surface area contributed by atoms with Crippen LogP contribution in [0.15, 0.2) is 36.1 Å². The van der Waals surface area contributed by atoms with Gasteiger partial charge in [0.25, 0.3) is 0 Å². The van der Waals surface area contributed by atoms with Gasteiger partial charge in [-0.1, -0.05) is 6.07 Å². The fourth-order valence-corrected chi connectivity index (χ4v) is 3.05. The summed E-state index contributed by atoms with van der Waals surface area (Å²) in [6.45, 7) is 0.766. The molecule has 0 fully saturated rings. The van der Waals surface area contributed by atoms with Crippen molar-refractivity contribution in [3.8, 4) is 10.7 Å². The molecule has 4 nitrogen and oxygen atoms in total. The van der Waals surface area contributed by atoms with Gasteiger partial charge in [0.05, 0.1) is 11.4 Å². The first kappa shape index (κ1) is 10.5. The zero-order valence-electron chi connectivity index (χ0n) is 8.91. The standard InChI is InChI=1S/C11H10N4S2/c12-11-14-6-8(17-11)7-15-4-3-13-10(15)9-2-1-5-16-9/h1-6H,7H2,(H2,12,14). The average Bonchev–Trinajstić information content (AvgIpc) is 3.00. The van der Waals surface area contributed by atoms with Crippen LogP contribution in [0.25, 0.3) is 10.7 Å². The van der Waals surface area contributed by atoms with Crippen molar-refractivity contribution in [2.24, 2.45) is 0 Å². The molecule has 0 aromatic carbocycles. The number of aromatic nitrogens is 3. The van der Waals surface area contributed by atoms with Gasteiger partial charge in [-0.2, -0.15) is 0 Å². The van der Waals surface area contributed by atoms with E-state index >= 15 is 0 Å². The SMILES string of the molecule is Nc1ncc(Cn2ccnc2-c2cccs2)s1. The van der Waals surface area contributed by atoms with Crippen molar-refractivity contribution < 1.29 is 0 Å². The van der Waals surface area contributed by atoms with Crippen LogP contribution in [-0.4, -0.2) is 14.5 Å². The van der Waals surface area contributed by atoms with E-state index in [4.69, 9.17) is 5.73 Å². The Hall–Kier alpha value is -1.66. The molecular formula is C11H10N4S2. The smallest absolute Gasteiger partial charge is 0.180 e. The summed E-state index contributed by atoms with van der Waals surface area (Å²) in [6, 6.07) is 4.11. The van der Waals surface area contributed by atoms with Crippen LogP contribution >= 0.6 is 22.7 Å². The van der Waals surface area contributed by atoms with Crippen molar-refractivity contribution in [2.45, 2.75) is 6.54 Å². The molecule has 3 aromatic rings. The number of hydrogen-bond acceptors (Lipinski definition) is 5. The molecule has 0 atom stereocenters. The number of imidazole rings is 1. The van der Waals surface area contributed by atoms with E-state index in [0.29, 0.717) is 5.13 Å². The fourth-order valence-electron chi connectivity index (χ4n) is 1.63. The minimum Gasteiger partial charge on any atom is -0.375 e. The number of thiophene rings is 1. The Kier molecular flexibility index (Phi) is 2.66. The maximum Gasteiger partial charge on any atom is 0.180 e. The van der Waals surface area contributed by atoms with E-state index in [1.807, 2.05) is 24.7 Å². The van der Waals surface area contributed by atoms with Gasteiger partial charge in [0.2, 0.25) is 0 Å². The molecule has 0 amide bonds. The van der Waals surface area contributed by atoms with Crippen LogP contribution in [-0.2, 0) is 6.54 Å². The predicted molar refractivity (Wildman–Crippen MR) is 71.2 cm³/mol. The van der Waals surface area contributed by atoms with Gasteiger partial charge in [-0.15, -0.1) is 22.7 Å². The van der Waals surface area contributed by atoms with E-state index in [1.165, 1.54) is 16.2 Å². The zero-order chi connectivity index (χ0) is 11.7. The maximum atomic E-state index is 5.62. The quantitative estimate of drug-likeness (QED) is 0.789. The number of nitrogen functional groups attached to an aromatic ring is 1. The third kappa shape index (κ3) is 2.09. The molecule has 0 unspecified atom stereocenters. The third-order valence-corrected chi connectivity index (χ3v) is 4.03. The average molecular weight is 262 g/mol. The fraction of sp³-hybridized carbons (Fsp3) is 0.0909. The van der Waals surface area contributed by atoms with Crippen LogP contribution in [0.4, 0.5) is 5.13 Å². The predicted octanol–water partition coefficient (Wildman–Crippen LogP) is 2.70.